The maximum atomic E-state index is 3.79. The van der Waals surface area contributed by atoms with Gasteiger partial charge in [-0.3, -0.25) is 0 Å². The average molecular weight is 162 g/mol. The van der Waals surface area contributed by atoms with E-state index in [9.17, 15) is 0 Å². The summed E-state index contributed by atoms with van der Waals surface area (Å²) in [7, 11) is -0.187. The minimum atomic E-state index is -0.187. The molecule has 11 heavy (non-hydrogen) atoms. The van der Waals surface area contributed by atoms with Crippen LogP contribution in [-0.2, 0) is 0 Å². The van der Waals surface area contributed by atoms with Gasteiger partial charge in [0.15, 0.2) is 0 Å². The molecule has 0 saturated carbocycles. The van der Waals surface area contributed by atoms with Crippen LogP contribution >= 0.6 is 0 Å². The highest BCUT2D eigenvalue weighted by molar-refractivity contribution is 6.59. The molecule has 0 aliphatic heterocycles. The molecule has 0 aromatic heterocycles. The van der Waals surface area contributed by atoms with Gasteiger partial charge in [-0.05, 0) is 25.0 Å². The fraction of sp³-hybridized carbons (Fsp3) is 0.200. The minimum absolute atomic E-state index is 0.187. The Morgan fingerprint density at radius 1 is 1.36 bits per heavy atom. The van der Waals surface area contributed by atoms with Crippen LogP contribution in [0.5, 0.6) is 0 Å². The summed E-state index contributed by atoms with van der Waals surface area (Å²) in [6.45, 7) is 8.15. The Labute approximate surface area is 70.8 Å². The van der Waals surface area contributed by atoms with Gasteiger partial charge in [0.05, 0.1) is 9.52 Å². The Bertz CT molecular complexity index is 264. The second-order valence-electron chi connectivity index (χ2n) is 2.85. The van der Waals surface area contributed by atoms with E-state index >= 15 is 0 Å². The van der Waals surface area contributed by atoms with Gasteiger partial charge in [-0.2, -0.15) is 0 Å². The molecular weight excluding hydrogens is 148 g/mol. The van der Waals surface area contributed by atoms with Gasteiger partial charge in [0.2, 0.25) is 0 Å². The smallest absolute Gasteiger partial charge is 0.0779 e. The van der Waals surface area contributed by atoms with Crippen LogP contribution in [0.1, 0.15) is 11.1 Å². The number of hydrogen-bond donors (Lipinski definition) is 0. The molecule has 1 heteroatoms. The molecule has 0 aliphatic carbocycles. The zero-order chi connectivity index (χ0) is 8.27. The highest BCUT2D eigenvalue weighted by atomic mass is 28.2. The summed E-state index contributed by atoms with van der Waals surface area (Å²) in [5, 5.41) is 1.53. The molecule has 0 radical (unpaired) electrons. The summed E-state index contributed by atoms with van der Waals surface area (Å²) in [6.07, 6.45) is 0. The number of aryl methyl sites for hydroxylation is 1. The Kier molecular flexibility index (Phi) is 2.66. The van der Waals surface area contributed by atoms with Crippen molar-refractivity contribution in [1.29, 1.82) is 0 Å². The van der Waals surface area contributed by atoms with Crippen LogP contribution in [0.25, 0.3) is 0 Å². The summed E-state index contributed by atoms with van der Waals surface area (Å²) < 4.78 is 0. The van der Waals surface area contributed by atoms with Crippen molar-refractivity contribution < 1.29 is 0 Å². The van der Waals surface area contributed by atoms with Gasteiger partial charge in [-0.15, -0.1) is 12.3 Å². The molecule has 1 aromatic carbocycles. The topological polar surface area (TPSA) is 0 Å². The molecule has 58 valence electrons. The molecule has 0 saturated heterocycles. The van der Waals surface area contributed by atoms with E-state index in [2.05, 4.69) is 44.3 Å². The first-order chi connectivity index (χ1) is 5.25. The standard InChI is InChI=1S/C10H14Si/c1-4-11-10-7-5-6-8(2)9(10)3/h4-7H,1,11H2,2-3H3. The fourth-order valence-electron chi connectivity index (χ4n) is 1.19. The lowest BCUT2D eigenvalue weighted by Crippen LogP contribution is -2.16. The van der Waals surface area contributed by atoms with E-state index in [1.165, 1.54) is 16.3 Å². The highest BCUT2D eigenvalue weighted by Gasteiger charge is 1.97. The van der Waals surface area contributed by atoms with Crippen LogP contribution in [0, 0.1) is 13.8 Å². The van der Waals surface area contributed by atoms with Crippen LogP contribution in [0.2, 0.25) is 0 Å². The van der Waals surface area contributed by atoms with Gasteiger partial charge < -0.3 is 0 Å². The van der Waals surface area contributed by atoms with Crippen molar-refractivity contribution in [2.24, 2.45) is 0 Å². The lowest BCUT2D eigenvalue weighted by atomic mass is 10.1. The molecule has 0 spiro atoms. The highest BCUT2D eigenvalue weighted by Crippen LogP contribution is 2.01. The van der Waals surface area contributed by atoms with Gasteiger partial charge in [0.1, 0.15) is 0 Å². The van der Waals surface area contributed by atoms with Gasteiger partial charge in [-0.25, -0.2) is 0 Å². The first kappa shape index (κ1) is 8.28. The zero-order valence-electron chi connectivity index (χ0n) is 7.22. The molecule has 1 rings (SSSR count). The van der Waals surface area contributed by atoms with Gasteiger partial charge in [-0.1, -0.05) is 23.4 Å². The summed E-state index contributed by atoms with van der Waals surface area (Å²) >= 11 is 0. The molecule has 0 unspecified atom stereocenters. The third-order valence-corrected chi connectivity index (χ3v) is 3.58. The molecular formula is C10H14Si. The molecule has 0 nitrogen and oxygen atoms in total. The molecule has 0 fully saturated rings. The lowest BCUT2D eigenvalue weighted by Gasteiger charge is -2.04. The van der Waals surface area contributed by atoms with Crippen LogP contribution in [0.3, 0.4) is 0 Å². The van der Waals surface area contributed by atoms with Crippen LogP contribution in [-0.4, -0.2) is 9.52 Å². The second-order valence-corrected chi connectivity index (χ2v) is 4.60. The van der Waals surface area contributed by atoms with Crippen molar-refractivity contribution in [3.8, 4) is 0 Å². The van der Waals surface area contributed by atoms with Gasteiger partial charge in [0, 0.05) is 0 Å². The largest absolute Gasteiger partial charge is 0.107 e. The second kappa shape index (κ2) is 3.53. The number of hydrogen-bond acceptors (Lipinski definition) is 0. The lowest BCUT2D eigenvalue weighted by molar-refractivity contribution is 1.37. The van der Waals surface area contributed by atoms with E-state index in [1.807, 2.05) is 0 Å². The Hall–Kier alpha value is -0.823. The average Bonchev–Trinajstić information content (AvgIpc) is 1.99. The molecule has 0 N–H and O–H groups in total. The maximum Gasteiger partial charge on any atom is 0.0779 e. The van der Waals surface area contributed by atoms with E-state index in [4.69, 9.17) is 0 Å². The third kappa shape index (κ3) is 1.81. The van der Waals surface area contributed by atoms with Gasteiger partial charge in [0.25, 0.3) is 0 Å². The number of rotatable bonds is 2. The summed E-state index contributed by atoms with van der Waals surface area (Å²) in [5.74, 6) is 0. The van der Waals surface area contributed by atoms with Crippen molar-refractivity contribution in [3.63, 3.8) is 0 Å². The molecule has 0 atom stereocenters. The SMILES string of the molecule is C=C[SiH2]c1cccc(C)c1C. The number of benzene rings is 1. The first-order valence-corrected chi connectivity index (χ1v) is 5.44. The normalized spacial score (nSPS) is 10.7. The van der Waals surface area contributed by atoms with Crippen LogP contribution < -0.4 is 5.19 Å². The van der Waals surface area contributed by atoms with Gasteiger partial charge >= 0.3 is 0 Å². The van der Waals surface area contributed by atoms with Crippen molar-refractivity contribution in [2.75, 3.05) is 0 Å². The Morgan fingerprint density at radius 2 is 2.09 bits per heavy atom. The summed E-state index contributed by atoms with van der Waals surface area (Å²) in [5.41, 5.74) is 4.94. The Morgan fingerprint density at radius 3 is 2.73 bits per heavy atom. The summed E-state index contributed by atoms with van der Waals surface area (Å²) in [4.78, 5) is 0. The Balaban J connectivity index is 3.05. The molecule has 0 amide bonds. The van der Waals surface area contributed by atoms with Crippen molar-refractivity contribution in [3.05, 3.63) is 41.6 Å². The minimum Gasteiger partial charge on any atom is -0.107 e. The third-order valence-electron chi connectivity index (χ3n) is 2.08. The van der Waals surface area contributed by atoms with Crippen molar-refractivity contribution in [1.82, 2.24) is 0 Å². The predicted molar refractivity (Wildman–Crippen MR) is 54.3 cm³/mol. The zero-order valence-corrected chi connectivity index (χ0v) is 8.64. The first-order valence-electron chi connectivity index (χ1n) is 3.91. The maximum absolute atomic E-state index is 3.79. The van der Waals surface area contributed by atoms with E-state index in [-0.39, 0.29) is 9.52 Å². The molecule has 0 aliphatic rings. The van der Waals surface area contributed by atoms with E-state index in [0.29, 0.717) is 0 Å². The summed E-state index contributed by atoms with van der Waals surface area (Å²) in [6, 6.07) is 6.51. The fourth-order valence-corrected chi connectivity index (χ4v) is 2.36. The van der Waals surface area contributed by atoms with E-state index in [0.717, 1.165) is 0 Å². The monoisotopic (exact) mass is 162 g/mol. The van der Waals surface area contributed by atoms with Crippen molar-refractivity contribution in [2.45, 2.75) is 13.8 Å². The quantitative estimate of drug-likeness (QED) is 0.574. The molecule has 1 aromatic rings. The van der Waals surface area contributed by atoms with E-state index in [1.54, 1.807) is 0 Å². The predicted octanol–water partition coefficient (Wildman–Crippen LogP) is 1.24. The molecule has 0 heterocycles. The van der Waals surface area contributed by atoms with Crippen LogP contribution in [0.4, 0.5) is 0 Å². The van der Waals surface area contributed by atoms with Crippen LogP contribution in [0.15, 0.2) is 30.5 Å². The van der Waals surface area contributed by atoms with Crippen molar-refractivity contribution >= 4 is 14.7 Å². The van der Waals surface area contributed by atoms with E-state index < -0.39 is 0 Å². The molecule has 0 bridgehead atoms.